The second-order valence-corrected chi connectivity index (χ2v) is 7.57. The zero-order chi connectivity index (χ0) is 26.6. The first-order valence-corrected chi connectivity index (χ1v) is 12.9. The minimum absolute atomic E-state index is 0.0415. The Morgan fingerprint density at radius 2 is 1.83 bits per heavy atom. The summed E-state index contributed by atoms with van der Waals surface area (Å²) in [5, 5.41) is 10.6. The van der Waals surface area contributed by atoms with Gasteiger partial charge in [-0.05, 0) is 49.6 Å². The van der Waals surface area contributed by atoms with E-state index in [4.69, 9.17) is 10.5 Å². The first-order valence-electron chi connectivity index (χ1n) is 12.0. The van der Waals surface area contributed by atoms with Crippen molar-refractivity contribution in [1.29, 1.82) is 5.26 Å². The summed E-state index contributed by atoms with van der Waals surface area (Å²) in [7, 11) is 0. The molecule has 1 atom stereocenters. The van der Waals surface area contributed by atoms with Gasteiger partial charge in [-0.25, -0.2) is 0 Å². The highest BCUT2D eigenvalue weighted by molar-refractivity contribution is 7.79. The predicted molar refractivity (Wildman–Crippen MR) is 142 cm³/mol. The van der Waals surface area contributed by atoms with E-state index in [0.29, 0.717) is 30.3 Å². The van der Waals surface area contributed by atoms with Gasteiger partial charge >= 0.3 is 6.18 Å². The van der Waals surface area contributed by atoms with Crippen LogP contribution < -0.4 is 10.5 Å². The number of ether oxygens (including phenoxy) is 1. The molecule has 2 heterocycles. The van der Waals surface area contributed by atoms with Gasteiger partial charge in [0.2, 0.25) is 0 Å². The van der Waals surface area contributed by atoms with Crippen LogP contribution in [0.2, 0.25) is 0 Å². The monoisotopic (exact) mass is 510 g/mol. The average molecular weight is 511 g/mol. The predicted octanol–water partition coefficient (Wildman–Crippen LogP) is 6.86. The lowest BCUT2D eigenvalue weighted by molar-refractivity contribution is -0.153. The number of benzene rings is 1. The van der Waals surface area contributed by atoms with Crippen LogP contribution in [0.3, 0.4) is 0 Å². The highest BCUT2D eigenvalue weighted by Crippen LogP contribution is 2.39. The molecule has 0 saturated heterocycles. The van der Waals surface area contributed by atoms with Crippen molar-refractivity contribution in [2.75, 3.05) is 19.4 Å². The fraction of sp³-hybridized carbons (Fsp3) is 0.538. The number of alkyl halides is 3. The van der Waals surface area contributed by atoms with Crippen molar-refractivity contribution < 1.29 is 17.9 Å². The van der Waals surface area contributed by atoms with Crippen LogP contribution in [-0.4, -0.2) is 36.0 Å². The average Bonchev–Trinajstić information content (AvgIpc) is 3.67. The normalized spacial score (nSPS) is 16.8. The zero-order valence-electron chi connectivity index (χ0n) is 21.2. The van der Waals surface area contributed by atoms with E-state index in [9.17, 15) is 18.4 Å². The van der Waals surface area contributed by atoms with E-state index >= 15 is 0 Å². The van der Waals surface area contributed by atoms with E-state index in [1.165, 1.54) is 6.07 Å². The van der Waals surface area contributed by atoms with E-state index in [1.807, 2.05) is 33.8 Å². The molecule has 5 nitrogen and oxygen atoms in total. The third-order valence-electron chi connectivity index (χ3n) is 5.31. The molecule has 194 valence electrons. The quantitative estimate of drug-likeness (QED) is 0.431. The van der Waals surface area contributed by atoms with Crippen LogP contribution >= 0.6 is 12.6 Å². The molecule has 9 heteroatoms. The number of nitriles is 1. The Kier molecular flexibility index (Phi) is 12.8. The minimum atomic E-state index is -4.40. The molecule has 0 amide bonds. The van der Waals surface area contributed by atoms with E-state index in [2.05, 4.69) is 28.3 Å². The molecule has 0 spiro atoms. The van der Waals surface area contributed by atoms with Crippen LogP contribution in [0.25, 0.3) is 10.9 Å². The number of thiol groups is 1. The van der Waals surface area contributed by atoms with Gasteiger partial charge in [-0.2, -0.15) is 31.1 Å². The SMILES string of the molecule is CC.CC.CS.N#Cc1c(C2C=CC(N)=NCC2)n(CC2CC2)c2cc(OCC(F)(F)F)ccc12. The molecule has 35 heavy (non-hydrogen) atoms. The molecule has 1 aliphatic carbocycles. The number of hydrogen-bond donors (Lipinski definition) is 2. The summed E-state index contributed by atoms with van der Waals surface area (Å²) in [5.74, 6) is 1.08. The number of nitrogens with zero attached hydrogens (tertiary/aromatic N) is 3. The Morgan fingerprint density at radius 3 is 2.40 bits per heavy atom. The van der Waals surface area contributed by atoms with Crippen molar-refractivity contribution >= 4 is 29.4 Å². The minimum Gasteiger partial charge on any atom is -0.484 e. The third-order valence-corrected chi connectivity index (χ3v) is 5.31. The second kappa shape index (κ2) is 14.7. The number of fused-ring (bicyclic) bond motifs is 1. The van der Waals surface area contributed by atoms with Crippen LogP contribution in [0.1, 0.15) is 64.1 Å². The number of allylic oxidation sites excluding steroid dienone is 1. The van der Waals surface area contributed by atoms with E-state index in [0.717, 1.165) is 36.0 Å². The maximum atomic E-state index is 12.5. The maximum absolute atomic E-state index is 12.5. The van der Waals surface area contributed by atoms with Crippen LogP contribution in [0, 0.1) is 17.2 Å². The summed E-state index contributed by atoms with van der Waals surface area (Å²) in [4.78, 5) is 4.26. The lowest BCUT2D eigenvalue weighted by Crippen LogP contribution is -2.19. The Hall–Kier alpha value is -2.60. The number of amidine groups is 1. The van der Waals surface area contributed by atoms with Gasteiger partial charge in [-0.3, -0.25) is 4.99 Å². The van der Waals surface area contributed by atoms with Crippen molar-refractivity contribution in [3.8, 4) is 11.8 Å². The van der Waals surface area contributed by atoms with Crippen LogP contribution in [0.4, 0.5) is 13.2 Å². The molecule has 1 aliphatic heterocycles. The van der Waals surface area contributed by atoms with Crippen molar-refractivity contribution in [1.82, 2.24) is 4.57 Å². The van der Waals surface area contributed by atoms with Gasteiger partial charge in [0.1, 0.15) is 17.7 Å². The molecule has 1 fully saturated rings. The molecule has 0 bridgehead atoms. The summed E-state index contributed by atoms with van der Waals surface area (Å²) in [5.41, 5.74) is 7.98. The number of aromatic nitrogens is 1. The molecule has 1 aromatic heterocycles. The Morgan fingerprint density at radius 1 is 1.17 bits per heavy atom. The molecule has 1 aromatic carbocycles. The Balaban J connectivity index is 0.000000949. The largest absolute Gasteiger partial charge is 0.484 e. The van der Waals surface area contributed by atoms with Crippen molar-refractivity contribution in [3.63, 3.8) is 0 Å². The summed E-state index contributed by atoms with van der Waals surface area (Å²) in [6.45, 7) is 7.94. The molecule has 4 rings (SSSR count). The molecular formula is C26H37F3N4OS. The Labute approximate surface area is 212 Å². The Bertz CT molecular complexity index is 1030. The first kappa shape index (κ1) is 30.4. The molecule has 1 unspecified atom stereocenters. The fourth-order valence-corrected chi connectivity index (χ4v) is 3.79. The van der Waals surface area contributed by atoms with Gasteiger partial charge in [-0.15, -0.1) is 0 Å². The lowest BCUT2D eigenvalue weighted by Gasteiger charge is -2.17. The number of aliphatic imine (C=N–C) groups is 1. The first-order chi connectivity index (χ1) is 16.9. The van der Waals surface area contributed by atoms with Crippen LogP contribution in [-0.2, 0) is 6.54 Å². The molecule has 1 saturated carbocycles. The third kappa shape index (κ3) is 8.53. The van der Waals surface area contributed by atoms with Crippen LogP contribution in [0.15, 0.2) is 35.3 Å². The summed E-state index contributed by atoms with van der Waals surface area (Å²) in [6, 6.07) is 7.09. The molecule has 0 radical (unpaired) electrons. The molecule has 2 N–H and O–H groups in total. The van der Waals surface area contributed by atoms with Gasteiger partial charge in [0.15, 0.2) is 6.61 Å². The highest BCUT2D eigenvalue weighted by atomic mass is 32.1. The number of nitrogens with two attached hydrogens (primary N) is 1. The molecular weight excluding hydrogens is 473 g/mol. The molecule has 2 aliphatic rings. The van der Waals surface area contributed by atoms with Crippen molar-refractivity contribution in [2.24, 2.45) is 16.6 Å². The summed E-state index contributed by atoms with van der Waals surface area (Å²) in [6.07, 6.45) is 3.95. The van der Waals surface area contributed by atoms with Gasteiger partial charge < -0.3 is 15.0 Å². The standard InChI is InChI=1S/C21H21F3N4O.2C2H6.CH4S/c22-21(23,24)12-29-15-4-5-16-17(10-25)20(14-3-6-19(26)27-8-7-14)28(18(16)9-15)11-13-1-2-13;3*1-2/h3-6,9,13-14H,1-2,7-8,11-12H2,(H2,26,27);2*1-2H3;2H,1H3. The smallest absolute Gasteiger partial charge is 0.422 e. The maximum Gasteiger partial charge on any atom is 0.422 e. The van der Waals surface area contributed by atoms with Gasteiger partial charge in [0, 0.05) is 36.2 Å². The number of hydrogen-bond acceptors (Lipinski definition) is 5. The second-order valence-electron chi connectivity index (χ2n) is 7.57. The lowest BCUT2D eigenvalue weighted by atomic mass is 9.97. The summed E-state index contributed by atoms with van der Waals surface area (Å²) >= 11 is 3.53. The van der Waals surface area contributed by atoms with Gasteiger partial charge in [-0.1, -0.05) is 33.8 Å². The van der Waals surface area contributed by atoms with Gasteiger partial charge in [0.05, 0.1) is 11.1 Å². The van der Waals surface area contributed by atoms with E-state index in [-0.39, 0.29) is 11.7 Å². The van der Waals surface area contributed by atoms with E-state index in [1.54, 1.807) is 24.5 Å². The highest BCUT2D eigenvalue weighted by Gasteiger charge is 2.30. The van der Waals surface area contributed by atoms with E-state index < -0.39 is 12.8 Å². The van der Waals surface area contributed by atoms with Gasteiger partial charge in [0.25, 0.3) is 0 Å². The van der Waals surface area contributed by atoms with Crippen molar-refractivity contribution in [3.05, 3.63) is 41.6 Å². The number of rotatable bonds is 5. The number of halogens is 3. The van der Waals surface area contributed by atoms with Crippen molar-refractivity contribution in [2.45, 2.75) is 65.6 Å². The summed E-state index contributed by atoms with van der Waals surface area (Å²) < 4.78 is 44.7. The topological polar surface area (TPSA) is 76.3 Å². The van der Waals surface area contributed by atoms with Crippen LogP contribution in [0.5, 0.6) is 5.75 Å². The fourth-order valence-electron chi connectivity index (χ4n) is 3.79. The zero-order valence-corrected chi connectivity index (χ0v) is 22.1. The molecule has 2 aromatic rings.